The summed E-state index contributed by atoms with van der Waals surface area (Å²) in [6, 6.07) is 14.7. The van der Waals surface area contributed by atoms with Crippen molar-refractivity contribution in [1.82, 2.24) is 14.0 Å². The average molecular weight is 261 g/mol. The summed E-state index contributed by atoms with van der Waals surface area (Å²) in [5, 5.41) is 0. The summed E-state index contributed by atoms with van der Waals surface area (Å²) in [6.07, 6.45) is 2.08. The Morgan fingerprint density at radius 2 is 1.95 bits per heavy atom. The van der Waals surface area contributed by atoms with Crippen LogP contribution in [-0.2, 0) is 13.6 Å². The number of hydrogen-bond acceptors (Lipinski definition) is 1. The van der Waals surface area contributed by atoms with Crippen molar-refractivity contribution >= 4 is 16.9 Å². The van der Waals surface area contributed by atoms with E-state index in [4.69, 9.17) is 4.98 Å². The Morgan fingerprint density at radius 3 is 2.90 bits per heavy atom. The molecular weight excluding hydrogens is 248 g/mol. The van der Waals surface area contributed by atoms with Gasteiger partial charge in [0, 0.05) is 5.56 Å². The number of pyridine rings is 1. The van der Waals surface area contributed by atoms with Gasteiger partial charge in [-0.15, -0.1) is 0 Å². The van der Waals surface area contributed by atoms with Gasteiger partial charge in [0.25, 0.3) is 11.3 Å². The van der Waals surface area contributed by atoms with Crippen LogP contribution in [0.3, 0.4) is 0 Å². The molecule has 3 aromatic heterocycles. The molecule has 4 nitrogen and oxygen atoms in total. The molecule has 4 heterocycles. The number of aromatic nitrogens is 4. The molecule has 1 aromatic carbocycles. The van der Waals surface area contributed by atoms with Gasteiger partial charge in [0.05, 0.1) is 25.4 Å². The highest BCUT2D eigenvalue weighted by molar-refractivity contribution is 5.77. The Balaban J connectivity index is 1.98. The minimum absolute atomic E-state index is 0.909. The number of benzene rings is 1. The summed E-state index contributed by atoms with van der Waals surface area (Å²) in [4.78, 5) is 4.80. The molecule has 0 saturated heterocycles. The van der Waals surface area contributed by atoms with E-state index >= 15 is 0 Å². The fourth-order valence-electron chi connectivity index (χ4n) is 3.37. The monoisotopic (exact) mass is 261 g/mol. The summed E-state index contributed by atoms with van der Waals surface area (Å²) in [5.74, 6) is 1.25. The van der Waals surface area contributed by atoms with Crippen LogP contribution < -0.4 is 4.57 Å². The van der Waals surface area contributed by atoms with Crippen molar-refractivity contribution < 1.29 is 4.57 Å². The van der Waals surface area contributed by atoms with E-state index in [1.807, 2.05) is 12.1 Å². The molecule has 0 fully saturated rings. The lowest BCUT2D eigenvalue weighted by Gasteiger charge is -1.97. The maximum Gasteiger partial charge on any atom is 0.294 e. The van der Waals surface area contributed by atoms with Crippen molar-refractivity contribution in [2.45, 2.75) is 6.54 Å². The second kappa shape index (κ2) is 3.28. The quantitative estimate of drug-likeness (QED) is 0.392. The maximum atomic E-state index is 4.80. The molecule has 0 unspecified atom stereocenters. The third kappa shape index (κ3) is 1.04. The first-order valence-electron chi connectivity index (χ1n) is 6.78. The van der Waals surface area contributed by atoms with Gasteiger partial charge in [-0.25, -0.2) is 13.5 Å². The predicted molar refractivity (Wildman–Crippen MR) is 76.4 cm³/mol. The highest BCUT2D eigenvalue weighted by Gasteiger charge is 2.33. The van der Waals surface area contributed by atoms with E-state index in [9.17, 15) is 0 Å². The predicted octanol–water partition coefficient (Wildman–Crippen LogP) is 2.14. The number of rotatable bonds is 0. The molecule has 0 radical (unpaired) electrons. The van der Waals surface area contributed by atoms with Crippen LogP contribution in [0.1, 0.15) is 5.56 Å². The first-order chi connectivity index (χ1) is 9.84. The minimum atomic E-state index is 0.909. The minimum Gasteiger partial charge on any atom is -0.233 e. The van der Waals surface area contributed by atoms with E-state index in [0.29, 0.717) is 0 Å². The Bertz CT molecular complexity index is 990. The van der Waals surface area contributed by atoms with Crippen LogP contribution in [0.2, 0.25) is 0 Å². The summed E-state index contributed by atoms with van der Waals surface area (Å²) in [6.45, 7) is 0.909. The first kappa shape index (κ1) is 10.2. The number of nitrogens with zero attached hydrogens (tertiary/aromatic N) is 4. The number of aryl methyl sites for hydroxylation is 1. The zero-order chi connectivity index (χ0) is 13.3. The van der Waals surface area contributed by atoms with Crippen LogP contribution in [0.15, 0.2) is 48.7 Å². The second-order valence-electron chi connectivity index (χ2n) is 5.31. The molecule has 4 aromatic rings. The fourth-order valence-corrected chi connectivity index (χ4v) is 3.37. The van der Waals surface area contributed by atoms with Crippen molar-refractivity contribution in [3.05, 3.63) is 54.2 Å². The zero-order valence-corrected chi connectivity index (χ0v) is 11.1. The molecule has 0 N–H and O–H groups in total. The van der Waals surface area contributed by atoms with Crippen LogP contribution in [0.25, 0.3) is 28.3 Å². The smallest absolute Gasteiger partial charge is 0.233 e. The summed E-state index contributed by atoms with van der Waals surface area (Å²) >= 11 is 0. The Kier molecular flexibility index (Phi) is 1.67. The molecule has 0 aliphatic carbocycles. The molecule has 0 amide bonds. The van der Waals surface area contributed by atoms with Crippen LogP contribution in [0.5, 0.6) is 0 Å². The molecule has 4 heteroatoms. The van der Waals surface area contributed by atoms with Gasteiger partial charge in [0.1, 0.15) is 0 Å². The van der Waals surface area contributed by atoms with Gasteiger partial charge in [-0.05, 0) is 18.2 Å². The molecule has 96 valence electrons. The maximum absolute atomic E-state index is 4.80. The van der Waals surface area contributed by atoms with E-state index in [-0.39, 0.29) is 0 Å². The second-order valence-corrected chi connectivity index (χ2v) is 5.31. The average Bonchev–Trinajstić information content (AvgIpc) is 3.10. The summed E-state index contributed by atoms with van der Waals surface area (Å²) in [7, 11) is 2.12. The van der Waals surface area contributed by atoms with E-state index < -0.39 is 0 Å². The van der Waals surface area contributed by atoms with Crippen LogP contribution in [-0.4, -0.2) is 14.0 Å². The van der Waals surface area contributed by atoms with Crippen molar-refractivity contribution in [3.8, 4) is 11.4 Å². The van der Waals surface area contributed by atoms with Gasteiger partial charge >= 0.3 is 0 Å². The lowest BCUT2D eigenvalue weighted by atomic mass is 10.1. The van der Waals surface area contributed by atoms with Gasteiger partial charge in [-0.1, -0.05) is 24.3 Å². The fraction of sp³-hybridized carbons (Fsp3) is 0.125. The number of fused-ring (bicyclic) bond motifs is 7. The normalized spacial score (nSPS) is 13.1. The van der Waals surface area contributed by atoms with E-state index in [2.05, 4.69) is 57.1 Å². The Morgan fingerprint density at radius 1 is 1.10 bits per heavy atom. The standard InChI is InChI=1S/C16H13N4/c1-18-15-12-7-3-2-6-11(12)10-20(15)14-16(18)19-9-5-4-8-13(19)17-14/h2-9H,10H2,1H3/q+1. The van der Waals surface area contributed by atoms with Crippen LogP contribution >= 0.6 is 0 Å². The first-order valence-corrected chi connectivity index (χ1v) is 6.78. The number of hydrogen-bond donors (Lipinski definition) is 0. The summed E-state index contributed by atoms with van der Waals surface area (Å²) in [5.41, 5.74) is 5.91. The molecule has 5 rings (SSSR count). The van der Waals surface area contributed by atoms with Crippen molar-refractivity contribution in [2.75, 3.05) is 0 Å². The molecule has 1 aliphatic heterocycles. The molecule has 0 spiro atoms. The lowest BCUT2D eigenvalue weighted by Crippen LogP contribution is -2.30. The molecule has 0 atom stereocenters. The molecular formula is C16H13N4+. The van der Waals surface area contributed by atoms with Gasteiger partial charge in [0.2, 0.25) is 5.82 Å². The van der Waals surface area contributed by atoms with Crippen molar-refractivity contribution in [1.29, 1.82) is 0 Å². The largest absolute Gasteiger partial charge is 0.294 e. The van der Waals surface area contributed by atoms with Gasteiger partial charge in [-0.2, -0.15) is 4.98 Å². The highest BCUT2D eigenvalue weighted by atomic mass is 15.3. The molecule has 0 bridgehead atoms. The third-order valence-electron chi connectivity index (χ3n) is 4.22. The Labute approximate surface area is 115 Å². The molecule has 1 aliphatic rings. The Hall–Kier alpha value is -2.62. The van der Waals surface area contributed by atoms with Crippen LogP contribution in [0, 0.1) is 0 Å². The van der Waals surface area contributed by atoms with E-state index in [0.717, 1.165) is 23.5 Å². The van der Waals surface area contributed by atoms with Crippen molar-refractivity contribution in [2.24, 2.45) is 7.05 Å². The van der Waals surface area contributed by atoms with Gasteiger partial charge in [0.15, 0.2) is 5.65 Å². The van der Waals surface area contributed by atoms with E-state index in [1.165, 1.54) is 17.0 Å². The van der Waals surface area contributed by atoms with Gasteiger partial charge in [-0.3, -0.25) is 0 Å². The lowest BCUT2D eigenvalue weighted by molar-refractivity contribution is -0.636. The summed E-state index contributed by atoms with van der Waals surface area (Å²) < 4.78 is 6.72. The topological polar surface area (TPSA) is 26.1 Å². The molecule has 0 saturated carbocycles. The third-order valence-corrected chi connectivity index (χ3v) is 4.22. The molecule has 20 heavy (non-hydrogen) atoms. The van der Waals surface area contributed by atoms with Crippen molar-refractivity contribution in [3.63, 3.8) is 0 Å². The zero-order valence-electron chi connectivity index (χ0n) is 11.1. The van der Waals surface area contributed by atoms with E-state index in [1.54, 1.807) is 0 Å². The van der Waals surface area contributed by atoms with Crippen LogP contribution in [0.4, 0.5) is 0 Å². The van der Waals surface area contributed by atoms with Gasteiger partial charge < -0.3 is 0 Å². The SMILES string of the molecule is C[n+]1c2n(c3nc4ccccn4c31)Cc1ccccc1-2. The number of imidazole rings is 2. The highest BCUT2D eigenvalue weighted by Crippen LogP contribution is 2.32.